The van der Waals surface area contributed by atoms with Gasteiger partial charge in [0.25, 0.3) is 0 Å². The van der Waals surface area contributed by atoms with Crippen LogP contribution in [0.2, 0.25) is 0 Å². The first-order chi connectivity index (χ1) is 11.4. The van der Waals surface area contributed by atoms with Crippen molar-refractivity contribution in [2.75, 3.05) is 24.7 Å². The van der Waals surface area contributed by atoms with E-state index in [1.807, 2.05) is 45.9 Å². The Labute approximate surface area is 144 Å². The Hall–Kier alpha value is -1.88. The summed E-state index contributed by atoms with van der Waals surface area (Å²) in [5.41, 5.74) is 2.09. The molecule has 1 atom stereocenters. The molecule has 1 aromatic carbocycles. The van der Waals surface area contributed by atoms with Gasteiger partial charge in [-0.1, -0.05) is 12.1 Å². The van der Waals surface area contributed by atoms with Gasteiger partial charge in [0, 0.05) is 31.9 Å². The molecule has 132 valence electrons. The first-order valence-electron chi connectivity index (χ1n) is 8.66. The summed E-state index contributed by atoms with van der Waals surface area (Å²) < 4.78 is 5.29. The monoisotopic (exact) mass is 332 g/mol. The highest BCUT2D eigenvalue weighted by molar-refractivity contribution is 6.07. The third kappa shape index (κ3) is 3.78. The molecule has 24 heavy (non-hydrogen) atoms. The third-order valence-electron chi connectivity index (χ3n) is 4.62. The number of nitrogens with one attached hydrogen (secondary N) is 1. The standard InChI is InChI=1S/C19H28N2O3/c1-5-24-12-6-11-20-18(23)19(4)10-9-17(22)21(19)16-13-14(2)7-8-15(16)3/h7-8,13H,5-6,9-12H2,1-4H3,(H,20,23). The molecule has 1 heterocycles. The van der Waals surface area contributed by atoms with Crippen LogP contribution in [0.4, 0.5) is 5.69 Å². The fourth-order valence-electron chi connectivity index (χ4n) is 3.14. The zero-order chi connectivity index (χ0) is 17.7. The zero-order valence-electron chi connectivity index (χ0n) is 15.1. The average molecular weight is 332 g/mol. The maximum Gasteiger partial charge on any atom is 0.246 e. The van der Waals surface area contributed by atoms with Gasteiger partial charge in [0.1, 0.15) is 5.54 Å². The Kier molecular flexibility index (Phi) is 5.99. The van der Waals surface area contributed by atoms with E-state index >= 15 is 0 Å². The summed E-state index contributed by atoms with van der Waals surface area (Å²) in [5, 5.41) is 2.97. The number of aryl methyl sites for hydroxylation is 2. The second-order valence-corrected chi connectivity index (χ2v) is 6.60. The van der Waals surface area contributed by atoms with Crippen LogP contribution in [0.15, 0.2) is 18.2 Å². The molecule has 0 aliphatic carbocycles. The number of carbonyl (C=O) groups is 2. The second-order valence-electron chi connectivity index (χ2n) is 6.60. The van der Waals surface area contributed by atoms with E-state index in [9.17, 15) is 9.59 Å². The predicted molar refractivity (Wildman–Crippen MR) is 95.2 cm³/mol. The Balaban J connectivity index is 2.15. The molecule has 1 N–H and O–H groups in total. The van der Waals surface area contributed by atoms with Gasteiger partial charge < -0.3 is 10.1 Å². The van der Waals surface area contributed by atoms with Crippen LogP contribution < -0.4 is 10.2 Å². The summed E-state index contributed by atoms with van der Waals surface area (Å²) in [6.07, 6.45) is 1.71. The molecule has 1 aliphatic rings. The van der Waals surface area contributed by atoms with Gasteiger partial charge in [-0.15, -0.1) is 0 Å². The van der Waals surface area contributed by atoms with E-state index in [0.717, 1.165) is 23.2 Å². The maximum absolute atomic E-state index is 12.8. The fraction of sp³-hybridized carbons (Fsp3) is 0.579. The summed E-state index contributed by atoms with van der Waals surface area (Å²) in [5.74, 6) is -0.0820. The molecule has 1 saturated heterocycles. The molecule has 5 heteroatoms. The maximum atomic E-state index is 12.8. The van der Waals surface area contributed by atoms with E-state index in [1.54, 1.807) is 4.90 Å². The lowest BCUT2D eigenvalue weighted by atomic mass is 9.96. The van der Waals surface area contributed by atoms with Crippen LogP contribution in [0.25, 0.3) is 0 Å². The molecule has 1 aromatic rings. The summed E-state index contributed by atoms with van der Waals surface area (Å²) in [7, 11) is 0. The van der Waals surface area contributed by atoms with E-state index in [1.165, 1.54) is 0 Å². The summed E-state index contributed by atoms with van der Waals surface area (Å²) in [6.45, 7) is 9.65. The zero-order valence-corrected chi connectivity index (χ0v) is 15.1. The summed E-state index contributed by atoms with van der Waals surface area (Å²) in [6, 6.07) is 6.00. The minimum Gasteiger partial charge on any atom is -0.382 e. The lowest BCUT2D eigenvalue weighted by molar-refractivity contribution is -0.127. The highest BCUT2D eigenvalue weighted by Gasteiger charge is 2.48. The van der Waals surface area contributed by atoms with Crippen molar-refractivity contribution in [3.05, 3.63) is 29.3 Å². The van der Waals surface area contributed by atoms with Crippen LogP contribution in [0, 0.1) is 13.8 Å². The molecular weight excluding hydrogens is 304 g/mol. The lowest BCUT2D eigenvalue weighted by Crippen LogP contribution is -2.55. The Bertz CT molecular complexity index is 615. The minimum absolute atomic E-state index is 0.00988. The number of hydrogen-bond acceptors (Lipinski definition) is 3. The number of rotatable bonds is 7. The number of amides is 2. The van der Waals surface area contributed by atoms with Crippen LogP contribution in [0.1, 0.15) is 44.2 Å². The molecule has 2 rings (SSSR count). The van der Waals surface area contributed by atoms with E-state index in [0.29, 0.717) is 32.6 Å². The summed E-state index contributed by atoms with van der Waals surface area (Å²) in [4.78, 5) is 27.0. The summed E-state index contributed by atoms with van der Waals surface area (Å²) >= 11 is 0. The second kappa shape index (κ2) is 7.79. The molecular formula is C19H28N2O3. The number of benzene rings is 1. The number of hydrogen-bond donors (Lipinski definition) is 1. The average Bonchev–Trinajstić information content (AvgIpc) is 2.86. The van der Waals surface area contributed by atoms with Crippen LogP contribution >= 0.6 is 0 Å². The van der Waals surface area contributed by atoms with Gasteiger partial charge in [0.15, 0.2) is 0 Å². The van der Waals surface area contributed by atoms with Crippen LogP contribution in [-0.2, 0) is 14.3 Å². The van der Waals surface area contributed by atoms with Crippen molar-refractivity contribution in [1.82, 2.24) is 5.32 Å². The van der Waals surface area contributed by atoms with Crippen molar-refractivity contribution >= 4 is 17.5 Å². The molecule has 0 bridgehead atoms. The molecule has 0 saturated carbocycles. The molecule has 1 aliphatic heterocycles. The smallest absolute Gasteiger partial charge is 0.246 e. The van der Waals surface area contributed by atoms with Gasteiger partial charge in [0.2, 0.25) is 11.8 Å². The van der Waals surface area contributed by atoms with E-state index in [2.05, 4.69) is 5.32 Å². The normalized spacial score (nSPS) is 20.5. The lowest BCUT2D eigenvalue weighted by Gasteiger charge is -2.35. The first kappa shape index (κ1) is 18.5. The molecule has 0 aromatic heterocycles. The van der Waals surface area contributed by atoms with Crippen molar-refractivity contribution in [3.63, 3.8) is 0 Å². The first-order valence-corrected chi connectivity index (χ1v) is 8.66. The molecule has 1 fully saturated rings. The highest BCUT2D eigenvalue weighted by Crippen LogP contribution is 2.37. The third-order valence-corrected chi connectivity index (χ3v) is 4.62. The van der Waals surface area contributed by atoms with Gasteiger partial charge in [-0.2, -0.15) is 0 Å². The fourth-order valence-corrected chi connectivity index (χ4v) is 3.14. The Morgan fingerprint density at radius 1 is 1.38 bits per heavy atom. The van der Waals surface area contributed by atoms with Crippen molar-refractivity contribution in [2.24, 2.45) is 0 Å². The number of ether oxygens (including phenoxy) is 1. The molecule has 0 spiro atoms. The minimum atomic E-state index is -0.832. The molecule has 5 nitrogen and oxygen atoms in total. The topological polar surface area (TPSA) is 58.6 Å². The quantitative estimate of drug-likeness (QED) is 0.781. The van der Waals surface area contributed by atoms with Gasteiger partial charge in [-0.3, -0.25) is 14.5 Å². The van der Waals surface area contributed by atoms with Crippen LogP contribution in [0.3, 0.4) is 0 Å². The van der Waals surface area contributed by atoms with Crippen molar-refractivity contribution in [3.8, 4) is 0 Å². The van der Waals surface area contributed by atoms with Gasteiger partial charge >= 0.3 is 0 Å². The van der Waals surface area contributed by atoms with E-state index in [-0.39, 0.29) is 11.8 Å². The number of nitrogens with zero attached hydrogens (tertiary/aromatic N) is 1. The van der Waals surface area contributed by atoms with E-state index < -0.39 is 5.54 Å². The highest BCUT2D eigenvalue weighted by atomic mass is 16.5. The van der Waals surface area contributed by atoms with Crippen molar-refractivity contribution < 1.29 is 14.3 Å². The van der Waals surface area contributed by atoms with Gasteiger partial charge in [-0.05, 0) is 57.7 Å². The van der Waals surface area contributed by atoms with Crippen LogP contribution in [-0.4, -0.2) is 37.1 Å². The van der Waals surface area contributed by atoms with Crippen LogP contribution in [0.5, 0.6) is 0 Å². The van der Waals surface area contributed by atoms with Gasteiger partial charge in [0.05, 0.1) is 0 Å². The molecule has 1 unspecified atom stereocenters. The van der Waals surface area contributed by atoms with Gasteiger partial charge in [-0.25, -0.2) is 0 Å². The molecule has 0 radical (unpaired) electrons. The number of carbonyl (C=O) groups excluding carboxylic acids is 2. The van der Waals surface area contributed by atoms with Crippen molar-refractivity contribution in [1.29, 1.82) is 0 Å². The predicted octanol–water partition coefficient (Wildman–Crippen LogP) is 2.73. The number of anilines is 1. The Morgan fingerprint density at radius 2 is 2.12 bits per heavy atom. The Morgan fingerprint density at radius 3 is 2.83 bits per heavy atom. The van der Waals surface area contributed by atoms with E-state index in [4.69, 9.17) is 4.74 Å². The SMILES string of the molecule is CCOCCCNC(=O)C1(C)CCC(=O)N1c1cc(C)ccc1C. The molecule has 2 amide bonds. The largest absolute Gasteiger partial charge is 0.382 e. The van der Waals surface area contributed by atoms with Crippen molar-refractivity contribution in [2.45, 2.75) is 52.5 Å².